The van der Waals surface area contributed by atoms with Crippen molar-refractivity contribution in [1.29, 1.82) is 0 Å². The highest BCUT2D eigenvalue weighted by atomic mass is 79.9. The summed E-state index contributed by atoms with van der Waals surface area (Å²) in [5.41, 5.74) is 6.98. The maximum atomic E-state index is 5.74. The van der Waals surface area contributed by atoms with Gasteiger partial charge in [0, 0.05) is 9.89 Å². The van der Waals surface area contributed by atoms with Crippen molar-refractivity contribution in [3.63, 3.8) is 0 Å². The van der Waals surface area contributed by atoms with Gasteiger partial charge in [-0.3, -0.25) is 0 Å². The molecule has 0 unspecified atom stereocenters. The van der Waals surface area contributed by atoms with Gasteiger partial charge in [-0.25, -0.2) is 0 Å². The smallest absolute Gasteiger partial charge is 0.0835 e. The first-order chi connectivity index (χ1) is 6.17. The molecule has 0 radical (unpaired) electrons. The van der Waals surface area contributed by atoms with Crippen LogP contribution >= 0.6 is 28.1 Å². The molecule has 1 saturated carbocycles. The normalized spacial score (nSPS) is 18.2. The van der Waals surface area contributed by atoms with Gasteiger partial charge in [-0.05, 0) is 24.5 Å². The minimum atomic E-state index is -0.00454. The summed E-state index contributed by atoms with van der Waals surface area (Å²) >= 11 is 8.62. The summed E-state index contributed by atoms with van der Waals surface area (Å²) in [5.74, 6) is 0. The number of thiocarbonyl (C=S) groups is 1. The first-order valence-corrected chi connectivity index (χ1v) is 5.42. The van der Waals surface area contributed by atoms with Gasteiger partial charge in [-0.2, -0.15) is 0 Å². The van der Waals surface area contributed by atoms with Crippen molar-refractivity contribution >= 4 is 33.1 Å². The van der Waals surface area contributed by atoms with Crippen LogP contribution in [0.5, 0.6) is 0 Å². The Morgan fingerprint density at radius 1 is 1.38 bits per heavy atom. The van der Waals surface area contributed by atoms with Gasteiger partial charge in [0.25, 0.3) is 0 Å². The van der Waals surface area contributed by atoms with Crippen molar-refractivity contribution < 1.29 is 0 Å². The van der Waals surface area contributed by atoms with Gasteiger partial charge in [0.05, 0.1) is 4.99 Å². The molecule has 1 fully saturated rings. The largest absolute Gasteiger partial charge is 0.393 e. The predicted molar refractivity (Wildman–Crippen MR) is 61.8 cm³/mol. The van der Waals surface area contributed by atoms with Crippen molar-refractivity contribution in [1.82, 2.24) is 0 Å². The van der Waals surface area contributed by atoms with Crippen LogP contribution in [0.1, 0.15) is 18.4 Å². The van der Waals surface area contributed by atoms with Gasteiger partial charge in [0.1, 0.15) is 0 Å². The van der Waals surface area contributed by atoms with Crippen LogP contribution in [-0.4, -0.2) is 4.99 Å². The van der Waals surface area contributed by atoms with Crippen LogP contribution < -0.4 is 5.73 Å². The zero-order valence-electron chi connectivity index (χ0n) is 7.09. The van der Waals surface area contributed by atoms with Crippen LogP contribution in [0.4, 0.5) is 0 Å². The second-order valence-electron chi connectivity index (χ2n) is 3.43. The average molecular weight is 256 g/mol. The molecule has 0 atom stereocenters. The number of rotatable bonds is 2. The molecule has 68 valence electrons. The Bertz CT molecular complexity index is 358. The number of hydrogen-bond donors (Lipinski definition) is 1. The van der Waals surface area contributed by atoms with E-state index in [0.29, 0.717) is 4.99 Å². The molecule has 3 heteroatoms. The minimum absolute atomic E-state index is 0.00454. The first kappa shape index (κ1) is 9.16. The predicted octanol–water partition coefficient (Wildman–Crippen LogP) is 2.77. The van der Waals surface area contributed by atoms with E-state index in [0.717, 1.165) is 17.3 Å². The third-order valence-electron chi connectivity index (χ3n) is 2.61. The van der Waals surface area contributed by atoms with Crippen LogP contribution in [0, 0.1) is 0 Å². The van der Waals surface area contributed by atoms with Gasteiger partial charge in [0.2, 0.25) is 0 Å². The number of benzene rings is 1. The topological polar surface area (TPSA) is 26.0 Å². The van der Waals surface area contributed by atoms with Gasteiger partial charge in [-0.15, -0.1) is 0 Å². The molecule has 2 rings (SSSR count). The van der Waals surface area contributed by atoms with E-state index in [4.69, 9.17) is 18.0 Å². The van der Waals surface area contributed by atoms with Gasteiger partial charge in [-0.1, -0.05) is 46.3 Å². The summed E-state index contributed by atoms with van der Waals surface area (Å²) in [6.45, 7) is 0. The van der Waals surface area contributed by atoms with Gasteiger partial charge < -0.3 is 5.73 Å². The van der Waals surface area contributed by atoms with E-state index in [1.165, 1.54) is 5.56 Å². The fraction of sp³-hybridized carbons (Fsp3) is 0.300. The van der Waals surface area contributed by atoms with E-state index >= 15 is 0 Å². The number of hydrogen-bond acceptors (Lipinski definition) is 1. The summed E-state index contributed by atoms with van der Waals surface area (Å²) in [6.07, 6.45) is 2.18. The third-order valence-corrected chi connectivity index (χ3v) is 3.69. The molecule has 0 aromatic heterocycles. The molecule has 0 aliphatic heterocycles. The Morgan fingerprint density at radius 2 is 2.00 bits per heavy atom. The zero-order valence-corrected chi connectivity index (χ0v) is 9.49. The fourth-order valence-electron chi connectivity index (χ4n) is 1.62. The lowest BCUT2D eigenvalue weighted by Gasteiger charge is -2.15. The summed E-state index contributed by atoms with van der Waals surface area (Å²) in [7, 11) is 0. The highest BCUT2D eigenvalue weighted by molar-refractivity contribution is 9.10. The standard InChI is InChI=1S/C10H10BrNS/c11-8-4-2-1-3-7(8)10(5-6-10)9(12)13/h1-4H,5-6H2,(H2,12,13). The number of halogens is 1. The fourth-order valence-corrected chi connectivity index (χ4v) is 2.60. The van der Waals surface area contributed by atoms with Crippen molar-refractivity contribution in [2.75, 3.05) is 0 Å². The maximum Gasteiger partial charge on any atom is 0.0835 e. The molecule has 1 nitrogen and oxygen atoms in total. The summed E-state index contributed by atoms with van der Waals surface area (Å²) < 4.78 is 1.11. The molecule has 0 spiro atoms. The van der Waals surface area contributed by atoms with Crippen molar-refractivity contribution in [3.05, 3.63) is 34.3 Å². The monoisotopic (exact) mass is 255 g/mol. The molecule has 0 amide bonds. The second kappa shape index (κ2) is 3.07. The van der Waals surface area contributed by atoms with Crippen molar-refractivity contribution in [2.45, 2.75) is 18.3 Å². The van der Waals surface area contributed by atoms with E-state index in [2.05, 4.69) is 22.0 Å². The lowest BCUT2D eigenvalue weighted by Crippen LogP contribution is -2.26. The molecular formula is C10H10BrNS. The molecule has 13 heavy (non-hydrogen) atoms. The van der Waals surface area contributed by atoms with Crippen LogP contribution in [0.3, 0.4) is 0 Å². The molecule has 0 bridgehead atoms. The van der Waals surface area contributed by atoms with Gasteiger partial charge in [0.15, 0.2) is 0 Å². The molecule has 0 saturated heterocycles. The van der Waals surface area contributed by atoms with Crippen molar-refractivity contribution in [3.8, 4) is 0 Å². The molecule has 1 aromatic carbocycles. The van der Waals surface area contributed by atoms with Crippen LogP contribution in [-0.2, 0) is 5.41 Å². The molecule has 1 aromatic rings. The van der Waals surface area contributed by atoms with E-state index in [1.807, 2.05) is 18.2 Å². The summed E-state index contributed by atoms with van der Waals surface area (Å²) in [4.78, 5) is 0.624. The van der Waals surface area contributed by atoms with Crippen LogP contribution in [0.2, 0.25) is 0 Å². The summed E-state index contributed by atoms with van der Waals surface area (Å²) in [5, 5.41) is 0. The number of nitrogens with two attached hydrogens (primary N) is 1. The minimum Gasteiger partial charge on any atom is -0.393 e. The first-order valence-electron chi connectivity index (χ1n) is 4.22. The second-order valence-corrected chi connectivity index (χ2v) is 4.72. The van der Waals surface area contributed by atoms with Crippen LogP contribution in [0.25, 0.3) is 0 Å². The highest BCUT2D eigenvalue weighted by Gasteiger charge is 2.48. The third kappa shape index (κ3) is 1.40. The molecule has 2 N–H and O–H groups in total. The highest BCUT2D eigenvalue weighted by Crippen LogP contribution is 2.50. The van der Waals surface area contributed by atoms with E-state index in [1.54, 1.807) is 0 Å². The van der Waals surface area contributed by atoms with E-state index < -0.39 is 0 Å². The van der Waals surface area contributed by atoms with E-state index in [9.17, 15) is 0 Å². The Kier molecular flexibility index (Phi) is 2.16. The Morgan fingerprint density at radius 3 is 2.46 bits per heavy atom. The Labute approximate surface area is 91.5 Å². The molecule has 1 aliphatic rings. The lowest BCUT2D eigenvalue weighted by atomic mass is 9.96. The summed E-state index contributed by atoms with van der Waals surface area (Å²) in [6, 6.07) is 8.16. The quantitative estimate of drug-likeness (QED) is 0.823. The van der Waals surface area contributed by atoms with Crippen molar-refractivity contribution in [2.24, 2.45) is 5.73 Å². The molecule has 0 heterocycles. The SMILES string of the molecule is NC(=S)C1(c2ccccc2Br)CC1. The molecule has 1 aliphatic carbocycles. The maximum absolute atomic E-state index is 5.74. The van der Waals surface area contributed by atoms with Crippen LogP contribution in [0.15, 0.2) is 28.7 Å². The van der Waals surface area contributed by atoms with E-state index in [-0.39, 0.29) is 5.41 Å². The molecular weight excluding hydrogens is 246 g/mol. The Hall–Kier alpha value is -0.410. The average Bonchev–Trinajstić information content (AvgIpc) is 2.85. The lowest BCUT2D eigenvalue weighted by molar-refractivity contribution is 0.946. The Balaban J connectivity index is 2.47. The zero-order chi connectivity index (χ0) is 9.47. The van der Waals surface area contributed by atoms with Gasteiger partial charge >= 0.3 is 0 Å².